The van der Waals surface area contributed by atoms with Crippen molar-refractivity contribution in [3.8, 4) is 5.69 Å². The van der Waals surface area contributed by atoms with Crippen LogP contribution in [0.5, 0.6) is 0 Å². The van der Waals surface area contributed by atoms with Crippen LogP contribution in [0.3, 0.4) is 0 Å². The summed E-state index contributed by atoms with van der Waals surface area (Å²) in [6.07, 6.45) is 1.58. The fourth-order valence-electron chi connectivity index (χ4n) is 2.36. The van der Waals surface area contributed by atoms with Crippen molar-refractivity contribution in [1.29, 1.82) is 0 Å². The number of carbonyl (C=O) groups is 1. The van der Waals surface area contributed by atoms with E-state index in [1.54, 1.807) is 42.4 Å². The molecule has 4 nitrogen and oxygen atoms in total. The van der Waals surface area contributed by atoms with Gasteiger partial charge < -0.3 is 4.90 Å². The summed E-state index contributed by atoms with van der Waals surface area (Å²) in [7, 11) is 1.71. The molecule has 0 saturated heterocycles. The molecule has 0 radical (unpaired) electrons. The third kappa shape index (κ3) is 3.38. The number of para-hydroxylation sites is 1. The van der Waals surface area contributed by atoms with Crippen molar-refractivity contribution in [3.63, 3.8) is 0 Å². The summed E-state index contributed by atoms with van der Waals surface area (Å²) in [4.78, 5) is 14.1. The van der Waals surface area contributed by atoms with E-state index < -0.39 is 0 Å². The SMILES string of the molecule is CN(Cc1ccccc1Br)C(=O)c1ccn(-c2ccccc2F)n1. The van der Waals surface area contributed by atoms with E-state index in [9.17, 15) is 9.18 Å². The highest BCUT2D eigenvalue weighted by molar-refractivity contribution is 9.10. The third-order valence-electron chi connectivity index (χ3n) is 3.62. The summed E-state index contributed by atoms with van der Waals surface area (Å²) >= 11 is 3.47. The molecule has 0 atom stereocenters. The Kier molecular flexibility index (Phi) is 4.76. The Labute approximate surface area is 147 Å². The minimum Gasteiger partial charge on any atom is -0.336 e. The predicted molar refractivity (Wildman–Crippen MR) is 93.5 cm³/mol. The van der Waals surface area contributed by atoms with Gasteiger partial charge in [0.2, 0.25) is 0 Å². The van der Waals surface area contributed by atoms with Gasteiger partial charge in [-0.25, -0.2) is 9.07 Å². The molecule has 3 rings (SSSR count). The molecule has 0 aliphatic carbocycles. The van der Waals surface area contributed by atoms with E-state index in [-0.39, 0.29) is 17.4 Å². The van der Waals surface area contributed by atoms with Gasteiger partial charge in [-0.05, 0) is 29.8 Å². The van der Waals surface area contributed by atoms with Crippen molar-refractivity contribution in [2.75, 3.05) is 7.05 Å². The number of nitrogens with zero attached hydrogens (tertiary/aromatic N) is 3. The van der Waals surface area contributed by atoms with Crippen molar-refractivity contribution >= 4 is 21.8 Å². The van der Waals surface area contributed by atoms with Crippen LogP contribution in [-0.2, 0) is 6.54 Å². The topological polar surface area (TPSA) is 38.1 Å². The summed E-state index contributed by atoms with van der Waals surface area (Å²) in [5, 5.41) is 4.20. The normalized spacial score (nSPS) is 10.6. The van der Waals surface area contributed by atoms with E-state index in [0.717, 1.165) is 10.0 Å². The van der Waals surface area contributed by atoms with E-state index in [4.69, 9.17) is 0 Å². The highest BCUT2D eigenvalue weighted by atomic mass is 79.9. The first kappa shape index (κ1) is 16.4. The molecular weight excluding hydrogens is 373 g/mol. The van der Waals surface area contributed by atoms with Crippen LogP contribution in [0, 0.1) is 5.82 Å². The Bertz CT molecular complexity index is 878. The average Bonchev–Trinajstić information content (AvgIpc) is 3.06. The third-order valence-corrected chi connectivity index (χ3v) is 4.39. The Morgan fingerprint density at radius 2 is 1.88 bits per heavy atom. The smallest absolute Gasteiger partial charge is 0.274 e. The minimum absolute atomic E-state index is 0.221. The van der Waals surface area contributed by atoms with Crippen LogP contribution in [0.2, 0.25) is 0 Å². The van der Waals surface area contributed by atoms with E-state index in [1.807, 2.05) is 24.3 Å². The van der Waals surface area contributed by atoms with Gasteiger partial charge in [0.05, 0.1) is 0 Å². The zero-order chi connectivity index (χ0) is 17.1. The van der Waals surface area contributed by atoms with Gasteiger partial charge in [-0.2, -0.15) is 5.10 Å². The van der Waals surface area contributed by atoms with E-state index in [0.29, 0.717) is 12.2 Å². The first-order valence-corrected chi connectivity index (χ1v) is 8.15. The van der Waals surface area contributed by atoms with Crippen LogP contribution in [-0.4, -0.2) is 27.6 Å². The average molecular weight is 388 g/mol. The minimum atomic E-state index is -0.388. The number of halogens is 2. The number of aromatic nitrogens is 2. The standard InChI is InChI=1S/C18H15BrFN3O/c1-22(12-13-6-2-3-7-14(13)19)18(24)16-10-11-23(21-16)17-9-5-4-8-15(17)20/h2-11H,12H2,1H3. The van der Waals surface area contributed by atoms with Gasteiger partial charge in [0.25, 0.3) is 5.91 Å². The lowest BCUT2D eigenvalue weighted by molar-refractivity contribution is 0.0778. The number of rotatable bonds is 4. The summed E-state index contributed by atoms with van der Waals surface area (Å²) in [6, 6.07) is 15.6. The molecule has 1 aromatic heterocycles. The maximum atomic E-state index is 13.8. The fraction of sp³-hybridized carbons (Fsp3) is 0.111. The quantitative estimate of drug-likeness (QED) is 0.677. The Hall–Kier alpha value is -2.47. The van der Waals surface area contributed by atoms with Crippen molar-refractivity contribution < 1.29 is 9.18 Å². The van der Waals surface area contributed by atoms with E-state index >= 15 is 0 Å². The molecule has 0 saturated carbocycles. The molecule has 0 bridgehead atoms. The molecule has 1 amide bonds. The summed E-state index contributed by atoms with van der Waals surface area (Å²) < 4.78 is 16.1. The number of benzene rings is 2. The molecule has 24 heavy (non-hydrogen) atoms. The van der Waals surface area contributed by atoms with Crippen LogP contribution >= 0.6 is 15.9 Å². The van der Waals surface area contributed by atoms with Gasteiger partial charge in [-0.15, -0.1) is 0 Å². The Morgan fingerprint density at radius 1 is 1.17 bits per heavy atom. The highest BCUT2D eigenvalue weighted by Crippen LogP contribution is 2.18. The lowest BCUT2D eigenvalue weighted by Crippen LogP contribution is -2.26. The highest BCUT2D eigenvalue weighted by Gasteiger charge is 2.17. The monoisotopic (exact) mass is 387 g/mol. The summed E-state index contributed by atoms with van der Waals surface area (Å²) in [5.74, 6) is -0.609. The van der Waals surface area contributed by atoms with Gasteiger partial charge in [0.15, 0.2) is 5.69 Å². The second-order valence-electron chi connectivity index (χ2n) is 5.35. The van der Waals surface area contributed by atoms with Gasteiger partial charge in [0, 0.05) is 24.3 Å². The largest absolute Gasteiger partial charge is 0.336 e. The molecule has 3 aromatic rings. The molecule has 1 heterocycles. The first-order valence-electron chi connectivity index (χ1n) is 7.35. The van der Waals surface area contributed by atoms with Crippen LogP contribution in [0.25, 0.3) is 5.69 Å². The lowest BCUT2D eigenvalue weighted by Gasteiger charge is -2.16. The Morgan fingerprint density at radius 3 is 2.62 bits per heavy atom. The lowest BCUT2D eigenvalue weighted by atomic mass is 10.2. The van der Waals surface area contributed by atoms with Crippen molar-refractivity contribution in [3.05, 3.63) is 82.3 Å². The number of amides is 1. The predicted octanol–water partition coefficient (Wildman–Crippen LogP) is 4.05. The maximum absolute atomic E-state index is 13.8. The van der Waals surface area contributed by atoms with Gasteiger partial charge in [-0.3, -0.25) is 4.79 Å². The second kappa shape index (κ2) is 6.97. The molecular formula is C18H15BrFN3O. The number of hydrogen-bond donors (Lipinski definition) is 0. The summed E-state index contributed by atoms with van der Waals surface area (Å²) in [6.45, 7) is 0.451. The molecule has 0 unspecified atom stereocenters. The van der Waals surface area contributed by atoms with Crippen LogP contribution in [0.4, 0.5) is 4.39 Å². The molecule has 0 N–H and O–H groups in total. The molecule has 0 aliphatic rings. The van der Waals surface area contributed by atoms with Crippen LogP contribution < -0.4 is 0 Å². The van der Waals surface area contributed by atoms with Gasteiger partial charge in [0.1, 0.15) is 11.5 Å². The Balaban J connectivity index is 1.79. The zero-order valence-corrected chi connectivity index (χ0v) is 14.6. The molecule has 0 aliphatic heterocycles. The van der Waals surface area contributed by atoms with E-state index in [2.05, 4.69) is 21.0 Å². The van der Waals surface area contributed by atoms with Crippen LogP contribution in [0.15, 0.2) is 65.3 Å². The van der Waals surface area contributed by atoms with Crippen LogP contribution in [0.1, 0.15) is 16.1 Å². The summed E-state index contributed by atoms with van der Waals surface area (Å²) in [5.41, 5.74) is 1.58. The molecule has 6 heteroatoms. The van der Waals surface area contributed by atoms with E-state index in [1.165, 1.54) is 10.7 Å². The van der Waals surface area contributed by atoms with Gasteiger partial charge >= 0.3 is 0 Å². The molecule has 0 fully saturated rings. The van der Waals surface area contributed by atoms with Crippen molar-refractivity contribution in [1.82, 2.24) is 14.7 Å². The number of hydrogen-bond acceptors (Lipinski definition) is 2. The second-order valence-corrected chi connectivity index (χ2v) is 6.20. The molecule has 0 spiro atoms. The van der Waals surface area contributed by atoms with Crippen molar-refractivity contribution in [2.24, 2.45) is 0 Å². The van der Waals surface area contributed by atoms with Gasteiger partial charge in [-0.1, -0.05) is 46.3 Å². The molecule has 122 valence electrons. The maximum Gasteiger partial charge on any atom is 0.274 e. The van der Waals surface area contributed by atoms with Crippen molar-refractivity contribution in [2.45, 2.75) is 6.54 Å². The fourth-order valence-corrected chi connectivity index (χ4v) is 2.77. The zero-order valence-electron chi connectivity index (χ0n) is 13.0. The first-order chi connectivity index (χ1) is 11.6. The number of carbonyl (C=O) groups excluding carboxylic acids is 1. The molecule has 2 aromatic carbocycles.